The molecule has 6 nitrogen and oxygen atoms in total. The highest BCUT2D eigenvalue weighted by Crippen LogP contribution is 2.23. The second kappa shape index (κ2) is 8.73. The summed E-state index contributed by atoms with van der Waals surface area (Å²) in [4.78, 5) is 35.6. The van der Waals surface area contributed by atoms with E-state index in [0.717, 1.165) is 4.57 Å². The van der Waals surface area contributed by atoms with Crippen molar-refractivity contribution in [2.24, 2.45) is 0 Å². The van der Waals surface area contributed by atoms with Crippen LogP contribution in [0.15, 0.2) is 36.4 Å². The molecule has 1 N–H and O–H groups in total. The van der Waals surface area contributed by atoms with E-state index in [9.17, 15) is 27.6 Å². The first-order chi connectivity index (χ1) is 13.1. The summed E-state index contributed by atoms with van der Waals surface area (Å²) in [5.41, 5.74) is 0.969. The van der Waals surface area contributed by atoms with Gasteiger partial charge in [-0.2, -0.15) is 13.2 Å². The predicted octanol–water partition coefficient (Wildman–Crippen LogP) is 2.71. The number of hydrogen-bond acceptors (Lipinski definition) is 4. The number of aryl methyl sites for hydroxylation is 1. The normalized spacial score (nSPS) is 11.2. The van der Waals surface area contributed by atoms with Crippen molar-refractivity contribution in [1.82, 2.24) is 9.88 Å². The lowest BCUT2D eigenvalue weighted by atomic mass is 10.1. The minimum atomic E-state index is -4.44. The number of halogens is 3. The van der Waals surface area contributed by atoms with Gasteiger partial charge in [0, 0.05) is 11.4 Å². The van der Waals surface area contributed by atoms with Crippen LogP contribution in [0.25, 0.3) is 0 Å². The first kappa shape index (κ1) is 21.2. The summed E-state index contributed by atoms with van der Waals surface area (Å²) in [6, 6.07) is 10.0. The van der Waals surface area contributed by atoms with Crippen molar-refractivity contribution in [3.63, 3.8) is 0 Å². The number of amides is 2. The van der Waals surface area contributed by atoms with Crippen molar-refractivity contribution in [3.05, 3.63) is 58.9 Å². The third-order valence-electron chi connectivity index (χ3n) is 3.95. The van der Waals surface area contributed by atoms with Crippen LogP contribution in [-0.4, -0.2) is 35.1 Å². The van der Waals surface area contributed by atoms with E-state index < -0.39 is 37.1 Å². The number of carbonyl (C=O) groups excluding carboxylic acids is 3. The third kappa shape index (κ3) is 5.97. The lowest BCUT2D eigenvalue weighted by molar-refractivity contribution is -0.141. The Labute approximate surface area is 159 Å². The second-order valence-electron chi connectivity index (χ2n) is 6.20. The molecule has 0 unspecified atom stereocenters. The van der Waals surface area contributed by atoms with Crippen LogP contribution in [0.2, 0.25) is 0 Å². The van der Waals surface area contributed by atoms with Crippen molar-refractivity contribution < 1.29 is 32.3 Å². The molecular weight excluding hydrogens is 377 g/mol. The minimum absolute atomic E-state index is 0.0148. The van der Waals surface area contributed by atoms with Gasteiger partial charge in [0.1, 0.15) is 6.54 Å². The number of imide groups is 1. The fourth-order valence-corrected chi connectivity index (χ4v) is 2.66. The topological polar surface area (TPSA) is 77.4 Å². The summed E-state index contributed by atoms with van der Waals surface area (Å²) >= 11 is 0. The van der Waals surface area contributed by atoms with Gasteiger partial charge < -0.3 is 9.30 Å². The number of aromatic nitrogens is 1. The summed E-state index contributed by atoms with van der Waals surface area (Å²) in [5, 5.41) is 2.09. The number of alkyl halides is 3. The molecule has 0 aliphatic rings. The van der Waals surface area contributed by atoms with Crippen LogP contribution in [-0.2, 0) is 27.3 Å². The molecule has 0 radical (unpaired) electrons. The fraction of sp³-hybridized carbons (Fsp3) is 0.316. The van der Waals surface area contributed by atoms with Crippen LogP contribution in [0, 0.1) is 13.8 Å². The average molecular weight is 396 g/mol. The highest BCUT2D eigenvalue weighted by atomic mass is 19.4. The number of benzene rings is 1. The van der Waals surface area contributed by atoms with Crippen molar-refractivity contribution in [2.75, 3.05) is 6.61 Å². The Morgan fingerprint density at radius 2 is 1.71 bits per heavy atom. The molecule has 0 fully saturated rings. The Balaban J connectivity index is 1.90. The number of ether oxygens (including phenoxy) is 1. The largest absolute Gasteiger partial charge is 0.452 e. The van der Waals surface area contributed by atoms with E-state index in [-0.39, 0.29) is 23.4 Å². The maximum Gasteiger partial charge on any atom is 0.406 e. The number of hydrogen-bond donors (Lipinski definition) is 1. The number of nitrogens with zero attached hydrogens (tertiary/aromatic N) is 1. The van der Waals surface area contributed by atoms with E-state index in [1.165, 1.54) is 19.9 Å². The van der Waals surface area contributed by atoms with E-state index >= 15 is 0 Å². The quantitative estimate of drug-likeness (QED) is 0.762. The molecule has 0 atom stereocenters. The summed E-state index contributed by atoms with van der Waals surface area (Å²) < 4.78 is 43.6. The number of esters is 1. The first-order valence-corrected chi connectivity index (χ1v) is 8.34. The highest BCUT2D eigenvalue weighted by molar-refractivity contribution is 5.98. The Morgan fingerprint density at radius 3 is 2.32 bits per heavy atom. The van der Waals surface area contributed by atoms with Gasteiger partial charge in [-0.25, -0.2) is 4.79 Å². The first-order valence-electron chi connectivity index (χ1n) is 8.34. The smallest absolute Gasteiger partial charge is 0.406 e. The Kier molecular flexibility index (Phi) is 6.61. The Morgan fingerprint density at radius 1 is 1.07 bits per heavy atom. The minimum Gasteiger partial charge on any atom is -0.452 e. The van der Waals surface area contributed by atoms with E-state index in [0.29, 0.717) is 5.56 Å². The molecule has 2 rings (SSSR count). The van der Waals surface area contributed by atoms with E-state index in [4.69, 9.17) is 4.74 Å². The van der Waals surface area contributed by atoms with Gasteiger partial charge in [-0.15, -0.1) is 0 Å². The van der Waals surface area contributed by atoms with E-state index in [2.05, 4.69) is 5.32 Å². The van der Waals surface area contributed by atoms with Crippen molar-refractivity contribution in [2.45, 2.75) is 33.0 Å². The zero-order valence-electron chi connectivity index (χ0n) is 15.3. The maximum atomic E-state index is 12.6. The van der Waals surface area contributed by atoms with Crippen molar-refractivity contribution >= 4 is 17.8 Å². The lowest BCUT2D eigenvalue weighted by Gasteiger charge is -2.12. The molecule has 28 heavy (non-hydrogen) atoms. The monoisotopic (exact) mass is 396 g/mol. The van der Waals surface area contributed by atoms with Crippen LogP contribution < -0.4 is 5.32 Å². The fourth-order valence-electron chi connectivity index (χ4n) is 2.66. The predicted molar refractivity (Wildman–Crippen MR) is 93.5 cm³/mol. The molecule has 0 aliphatic carbocycles. The lowest BCUT2D eigenvalue weighted by Crippen LogP contribution is -2.35. The summed E-state index contributed by atoms with van der Waals surface area (Å²) in [7, 11) is 0. The van der Waals surface area contributed by atoms with Gasteiger partial charge in [-0.1, -0.05) is 30.3 Å². The van der Waals surface area contributed by atoms with E-state index in [1.54, 1.807) is 30.3 Å². The van der Waals surface area contributed by atoms with Crippen LogP contribution in [0.4, 0.5) is 13.2 Å². The number of carbonyl (C=O) groups is 3. The molecular formula is C19H19F3N2O4. The molecule has 2 amide bonds. The zero-order valence-corrected chi connectivity index (χ0v) is 15.3. The van der Waals surface area contributed by atoms with Crippen molar-refractivity contribution in [3.8, 4) is 0 Å². The van der Waals surface area contributed by atoms with Gasteiger partial charge in [-0.05, 0) is 25.5 Å². The van der Waals surface area contributed by atoms with Gasteiger partial charge in [-0.3, -0.25) is 14.9 Å². The van der Waals surface area contributed by atoms with Crippen LogP contribution >= 0.6 is 0 Å². The average Bonchev–Trinajstić information content (AvgIpc) is 2.87. The van der Waals surface area contributed by atoms with Gasteiger partial charge in [0.15, 0.2) is 6.61 Å². The van der Waals surface area contributed by atoms with Gasteiger partial charge >= 0.3 is 12.1 Å². The van der Waals surface area contributed by atoms with Crippen LogP contribution in [0.5, 0.6) is 0 Å². The standard InChI is InChI=1S/C19H19F3N2O4/c1-12-8-15(13(2)24(12)11-19(20,21)22)18(27)28-10-17(26)23-16(25)9-14-6-4-3-5-7-14/h3-8H,9-11H2,1-2H3,(H,23,25,26). The van der Waals surface area contributed by atoms with E-state index in [1.807, 2.05) is 0 Å². The van der Waals surface area contributed by atoms with Gasteiger partial charge in [0.2, 0.25) is 5.91 Å². The number of rotatable bonds is 6. The molecule has 0 saturated carbocycles. The Hall–Kier alpha value is -3.10. The maximum absolute atomic E-state index is 12.6. The molecule has 9 heteroatoms. The van der Waals surface area contributed by atoms with Crippen molar-refractivity contribution in [1.29, 1.82) is 0 Å². The summed E-state index contributed by atoms with van der Waals surface area (Å²) in [5.74, 6) is -2.32. The SMILES string of the molecule is Cc1cc(C(=O)OCC(=O)NC(=O)Cc2ccccc2)c(C)n1CC(F)(F)F. The summed E-state index contributed by atoms with van der Waals surface area (Å²) in [6.45, 7) is 0.845. The molecule has 0 bridgehead atoms. The molecule has 0 spiro atoms. The highest BCUT2D eigenvalue weighted by Gasteiger charge is 2.30. The Bertz CT molecular complexity index is 873. The zero-order chi connectivity index (χ0) is 20.9. The summed E-state index contributed by atoms with van der Waals surface area (Å²) in [6.07, 6.45) is -4.45. The molecule has 1 aromatic heterocycles. The number of nitrogens with one attached hydrogen (secondary N) is 1. The molecule has 0 saturated heterocycles. The van der Waals surface area contributed by atoms with Crippen LogP contribution in [0.3, 0.4) is 0 Å². The van der Waals surface area contributed by atoms with Gasteiger partial charge in [0.05, 0.1) is 12.0 Å². The molecule has 2 aromatic rings. The van der Waals surface area contributed by atoms with Gasteiger partial charge in [0.25, 0.3) is 5.91 Å². The molecule has 1 heterocycles. The second-order valence-corrected chi connectivity index (χ2v) is 6.20. The molecule has 0 aliphatic heterocycles. The molecule has 150 valence electrons. The third-order valence-corrected chi connectivity index (χ3v) is 3.95. The van der Waals surface area contributed by atoms with Crippen LogP contribution in [0.1, 0.15) is 27.3 Å². The molecule has 1 aromatic carbocycles.